The van der Waals surface area contributed by atoms with Gasteiger partial charge in [0.15, 0.2) is 0 Å². The summed E-state index contributed by atoms with van der Waals surface area (Å²) in [6.07, 6.45) is 4.05. The van der Waals surface area contributed by atoms with E-state index >= 15 is 0 Å². The molecule has 2 heteroatoms. The summed E-state index contributed by atoms with van der Waals surface area (Å²) in [5.41, 5.74) is 4.27. The van der Waals surface area contributed by atoms with Crippen molar-refractivity contribution in [3.63, 3.8) is 0 Å². The first-order valence-corrected chi connectivity index (χ1v) is 8.10. The van der Waals surface area contributed by atoms with Crippen LogP contribution in [0.2, 0.25) is 0 Å². The summed E-state index contributed by atoms with van der Waals surface area (Å²) in [4.78, 5) is 0. The number of rotatable bonds is 4. The van der Waals surface area contributed by atoms with Crippen LogP contribution in [0.15, 0.2) is 53.0 Å². The van der Waals surface area contributed by atoms with Crippen LogP contribution in [0, 0.1) is 0 Å². The van der Waals surface area contributed by atoms with Crippen LogP contribution in [0.1, 0.15) is 47.9 Å². The smallest absolute Gasteiger partial charge is 0.0577 e. The molecule has 1 N–H and O–H groups in total. The summed E-state index contributed by atoms with van der Waals surface area (Å²) in [5, 5.41) is 3.48. The standard InChI is InChI=1S/C18H20BrN/c1-20-18(14-8-5-9-15(19)12-14)17-11-3-2-10-16(17)13-6-4-7-13/h2-3,5,8-13,18,20H,4,6-7H2,1H3. The average molecular weight is 330 g/mol. The Kier molecular flexibility index (Phi) is 4.23. The second-order valence-corrected chi connectivity index (χ2v) is 6.45. The van der Waals surface area contributed by atoms with Gasteiger partial charge in [-0.25, -0.2) is 0 Å². The molecular weight excluding hydrogens is 310 g/mol. The number of benzene rings is 2. The van der Waals surface area contributed by atoms with E-state index in [-0.39, 0.29) is 6.04 Å². The molecule has 2 aromatic carbocycles. The lowest BCUT2D eigenvalue weighted by Crippen LogP contribution is -2.21. The van der Waals surface area contributed by atoms with Gasteiger partial charge in [0.05, 0.1) is 6.04 Å². The molecule has 1 aliphatic carbocycles. The summed E-state index contributed by atoms with van der Waals surface area (Å²) < 4.78 is 1.14. The van der Waals surface area contributed by atoms with E-state index in [4.69, 9.17) is 0 Å². The van der Waals surface area contributed by atoms with Crippen LogP contribution in [0.3, 0.4) is 0 Å². The third kappa shape index (κ3) is 2.68. The van der Waals surface area contributed by atoms with Crippen LogP contribution in [0.4, 0.5) is 0 Å². The van der Waals surface area contributed by atoms with Gasteiger partial charge in [0.1, 0.15) is 0 Å². The van der Waals surface area contributed by atoms with Gasteiger partial charge < -0.3 is 5.32 Å². The average Bonchev–Trinajstić information content (AvgIpc) is 2.40. The molecule has 0 heterocycles. The molecular formula is C18H20BrN. The molecule has 104 valence electrons. The molecule has 0 radical (unpaired) electrons. The molecule has 0 spiro atoms. The topological polar surface area (TPSA) is 12.0 Å². The van der Waals surface area contributed by atoms with Crippen LogP contribution >= 0.6 is 15.9 Å². The van der Waals surface area contributed by atoms with Crippen molar-refractivity contribution in [2.24, 2.45) is 0 Å². The van der Waals surface area contributed by atoms with E-state index < -0.39 is 0 Å². The van der Waals surface area contributed by atoms with Crippen LogP contribution in [0.5, 0.6) is 0 Å². The van der Waals surface area contributed by atoms with Gasteiger partial charge >= 0.3 is 0 Å². The van der Waals surface area contributed by atoms with E-state index in [1.807, 2.05) is 7.05 Å². The number of hydrogen-bond acceptors (Lipinski definition) is 1. The third-order valence-corrected chi connectivity index (χ3v) is 4.82. The first-order chi connectivity index (χ1) is 9.79. The molecule has 1 saturated carbocycles. The predicted octanol–water partition coefficient (Wildman–Crippen LogP) is 5.03. The molecule has 0 bridgehead atoms. The van der Waals surface area contributed by atoms with E-state index in [2.05, 4.69) is 69.8 Å². The van der Waals surface area contributed by atoms with E-state index in [0.717, 1.165) is 10.4 Å². The third-order valence-electron chi connectivity index (χ3n) is 4.32. The van der Waals surface area contributed by atoms with Gasteiger partial charge in [-0.05, 0) is 54.6 Å². The van der Waals surface area contributed by atoms with Gasteiger partial charge in [0.2, 0.25) is 0 Å². The molecule has 1 atom stereocenters. The van der Waals surface area contributed by atoms with Crippen molar-refractivity contribution < 1.29 is 0 Å². The van der Waals surface area contributed by atoms with E-state index in [0.29, 0.717) is 0 Å². The molecule has 1 nitrogen and oxygen atoms in total. The zero-order valence-electron chi connectivity index (χ0n) is 11.8. The Balaban J connectivity index is 2.01. The number of halogens is 1. The lowest BCUT2D eigenvalue weighted by Gasteiger charge is -2.30. The summed E-state index contributed by atoms with van der Waals surface area (Å²) in [6.45, 7) is 0. The highest BCUT2D eigenvalue weighted by Crippen LogP contribution is 2.40. The second-order valence-electron chi connectivity index (χ2n) is 5.53. The van der Waals surface area contributed by atoms with Crippen molar-refractivity contribution in [2.45, 2.75) is 31.2 Å². The van der Waals surface area contributed by atoms with Crippen molar-refractivity contribution in [1.82, 2.24) is 5.32 Å². The van der Waals surface area contributed by atoms with Gasteiger partial charge in [0.25, 0.3) is 0 Å². The highest BCUT2D eigenvalue weighted by Gasteiger charge is 2.25. The molecule has 2 aromatic rings. The Bertz CT molecular complexity index is 589. The fourth-order valence-corrected chi connectivity index (χ4v) is 3.47. The molecule has 20 heavy (non-hydrogen) atoms. The highest BCUT2D eigenvalue weighted by molar-refractivity contribution is 9.10. The Morgan fingerprint density at radius 3 is 2.55 bits per heavy atom. The quantitative estimate of drug-likeness (QED) is 0.829. The first-order valence-electron chi connectivity index (χ1n) is 7.31. The maximum Gasteiger partial charge on any atom is 0.0577 e. The molecule has 3 rings (SSSR count). The predicted molar refractivity (Wildman–Crippen MR) is 88.1 cm³/mol. The fourth-order valence-electron chi connectivity index (χ4n) is 3.05. The fraction of sp³-hybridized carbons (Fsp3) is 0.333. The Morgan fingerprint density at radius 1 is 1.10 bits per heavy atom. The molecule has 0 aliphatic heterocycles. The van der Waals surface area contributed by atoms with Crippen molar-refractivity contribution in [3.05, 3.63) is 69.7 Å². The van der Waals surface area contributed by atoms with Crippen LogP contribution in [-0.2, 0) is 0 Å². The van der Waals surface area contributed by atoms with Gasteiger partial charge in [-0.15, -0.1) is 0 Å². The summed E-state index contributed by atoms with van der Waals surface area (Å²) >= 11 is 3.58. The summed E-state index contributed by atoms with van der Waals surface area (Å²) in [7, 11) is 2.04. The monoisotopic (exact) mass is 329 g/mol. The Hall–Kier alpha value is -1.12. The minimum atomic E-state index is 0.268. The first kappa shape index (κ1) is 13.8. The maximum atomic E-state index is 3.58. The second kappa shape index (κ2) is 6.11. The van der Waals surface area contributed by atoms with Crippen LogP contribution in [0.25, 0.3) is 0 Å². The van der Waals surface area contributed by atoms with Gasteiger partial charge in [-0.1, -0.05) is 58.7 Å². The summed E-state index contributed by atoms with van der Waals surface area (Å²) in [6, 6.07) is 17.8. The normalized spacial score (nSPS) is 16.7. The van der Waals surface area contributed by atoms with Gasteiger partial charge in [0, 0.05) is 4.47 Å². The summed E-state index contributed by atoms with van der Waals surface area (Å²) in [5.74, 6) is 0.759. The Morgan fingerprint density at radius 2 is 1.90 bits per heavy atom. The lowest BCUT2D eigenvalue weighted by atomic mass is 9.76. The zero-order valence-corrected chi connectivity index (χ0v) is 13.4. The zero-order chi connectivity index (χ0) is 13.9. The SMILES string of the molecule is CNC(c1cccc(Br)c1)c1ccccc1C1CCC1. The van der Waals surface area contributed by atoms with E-state index in [9.17, 15) is 0 Å². The van der Waals surface area contributed by atoms with Crippen molar-refractivity contribution in [3.8, 4) is 0 Å². The van der Waals surface area contributed by atoms with E-state index in [1.54, 1.807) is 0 Å². The lowest BCUT2D eigenvalue weighted by molar-refractivity contribution is 0.415. The molecule has 0 aromatic heterocycles. The number of hydrogen-bond donors (Lipinski definition) is 1. The van der Waals surface area contributed by atoms with Gasteiger partial charge in [-0.3, -0.25) is 0 Å². The molecule has 1 aliphatic rings. The minimum Gasteiger partial charge on any atom is -0.309 e. The van der Waals surface area contributed by atoms with E-state index in [1.165, 1.54) is 36.0 Å². The Labute approximate surface area is 129 Å². The van der Waals surface area contributed by atoms with Crippen molar-refractivity contribution >= 4 is 15.9 Å². The molecule has 0 saturated heterocycles. The van der Waals surface area contributed by atoms with Gasteiger partial charge in [-0.2, -0.15) is 0 Å². The largest absolute Gasteiger partial charge is 0.309 e. The minimum absolute atomic E-state index is 0.268. The molecule has 0 amide bonds. The van der Waals surface area contributed by atoms with Crippen molar-refractivity contribution in [1.29, 1.82) is 0 Å². The number of nitrogens with one attached hydrogen (secondary N) is 1. The highest BCUT2D eigenvalue weighted by atomic mass is 79.9. The van der Waals surface area contributed by atoms with Crippen LogP contribution in [-0.4, -0.2) is 7.05 Å². The molecule has 1 fully saturated rings. The van der Waals surface area contributed by atoms with Crippen molar-refractivity contribution in [2.75, 3.05) is 7.05 Å². The molecule has 1 unspecified atom stereocenters. The van der Waals surface area contributed by atoms with Crippen LogP contribution < -0.4 is 5.32 Å². The maximum absolute atomic E-state index is 3.58.